The van der Waals surface area contributed by atoms with Gasteiger partial charge in [0.1, 0.15) is 5.52 Å². The van der Waals surface area contributed by atoms with Gasteiger partial charge in [0.2, 0.25) is 5.95 Å². The maximum atomic E-state index is 6.14. The first-order valence-electron chi connectivity index (χ1n) is 6.75. The highest BCUT2D eigenvalue weighted by Crippen LogP contribution is 2.27. The lowest BCUT2D eigenvalue weighted by molar-refractivity contribution is 0.838. The normalized spacial score (nSPS) is 11.5. The topological polar surface area (TPSA) is 56.7 Å². The Labute approximate surface area is 125 Å². The van der Waals surface area contributed by atoms with Crippen LogP contribution in [-0.4, -0.2) is 14.5 Å². The van der Waals surface area contributed by atoms with Gasteiger partial charge in [0, 0.05) is 5.39 Å². The van der Waals surface area contributed by atoms with Crippen molar-refractivity contribution in [1.82, 2.24) is 14.5 Å². The summed E-state index contributed by atoms with van der Waals surface area (Å²) in [6.45, 7) is 2.87. The van der Waals surface area contributed by atoms with Crippen molar-refractivity contribution in [3.63, 3.8) is 0 Å². The predicted molar refractivity (Wildman–Crippen MR) is 87.6 cm³/mol. The summed E-state index contributed by atoms with van der Waals surface area (Å²) in [6, 6.07) is 8.10. The van der Waals surface area contributed by atoms with Gasteiger partial charge in [-0.2, -0.15) is 11.3 Å². The molecule has 4 rings (SSSR count). The molecule has 4 nitrogen and oxygen atoms in total. The van der Waals surface area contributed by atoms with Gasteiger partial charge in [-0.25, -0.2) is 4.98 Å². The molecule has 0 bridgehead atoms. The van der Waals surface area contributed by atoms with E-state index in [0.29, 0.717) is 5.95 Å². The van der Waals surface area contributed by atoms with Gasteiger partial charge < -0.3 is 10.3 Å². The molecule has 0 aliphatic carbocycles. The number of nitrogens with zero attached hydrogens (tertiary/aromatic N) is 3. The van der Waals surface area contributed by atoms with Gasteiger partial charge in [0.25, 0.3) is 0 Å². The number of nitrogen functional groups attached to an aromatic ring is 1. The number of para-hydroxylation sites is 1. The lowest BCUT2D eigenvalue weighted by Crippen LogP contribution is -2.05. The molecule has 0 saturated carbocycles. The minimum atomic E-state index is 0.536. The van der Waals surface area contributed by atoms with Crippen molar-refractivity contribution in [1.29, 1.82) is 0 Å². The smallest absolute Gasteiger partial charge is 0.201 e. The van der Waals surface area contributed by atoms with Crippen LogP contribution in [0.3, 0.4) is 0 Å². The van der Waals surface area contributed by atoms with Crippen LogP contribution in [0.4, 0.5) is 5.95 Å². The molecular weight excluding hydrogens is 280 g/mol. The molecule has 5 heteroatoms. The van der Waals surface area contributed by atoms with E-state index < -0.39 is 0 Å². The highest BCUT2D eigenvalue weighted by Gasteiger charge is 2.13. The number of fused-ring (bicyclic) bond motifs is 3. The number of hydrogen-bond donors (Lipinski definition) is 1. The Morgan fingerprint density at radius 1 is 1.19 bits per heavy atom. The number of hydrogen-bond acceptors (Lipinski definition) is 4. The number of imidazole rings is 1. The van der Waals surface area contributed by atoms with Crippen molar-refractivity contribution in [3.05, 3.63) is 52.3 Å². The monoisotopic (exact) mass is 294 g/mol. The lowest BCUT2D eigenvalue weighted by atomic mass is 10.2. The van der Waals surface area contributed by atoms with Crippen LogP contribution < -0.4 is 5.73 Å². The Bertz CT molecular complexity index is 951. The van der Waals surface area contributed by atoms with E-state index in [1.54, 1.807) is 17.5 Å². The van der Waals surface area contributed by atoms with Crippen LogP contribution in [0.15, 0.2) is 41.2 Å². The Kier molecular flexibility index (Phi) is 2.68. The summed E-state index contributed by atoms with van der Waals surface area (Å²) in [5, 5.41) is 5.42. The van der Waals surface area contributed by atoms with Gasteiger partial charge in [-0.15, -0.1) is 0 Å². The Balaban J connectivity index is 2.01. The van der Waals surface area contributed by atoms with Gasteiger partial charge in [-0.3, -0.25) is 4.98 Å². The molecule has 21 heavy (non-hydrogen) atoms. The van der Waals surface area contributed by atoms with Gasteiger partial charge in [0.05, 0.1) is 23.8 Å². The van der Waals surface area contributed by atoms with Gasteiger partial charge in [-0.05, 0) is 34.9 Å². The van der Waals surface area contributed by atoms with E-state index in [1.807, 2.05) is 18.2 Å². The number of thiophene rings is 1. The van der Waals surface area contributed by atoms with E-state index in [1.165, 1.54) is 11.1 Å². The summed E-state index contributed by atoms with van der Waals surface area (Å²) < 4.78 is 2.08. The lowest BCUT2D eigenvalue weighted by Gasteiger charge is -2.08. The second kappa shape index (κ2) is 4.56. The number of pyridine rings is 1. The summed E-state index contributed by atoms with van der Waals surface area (Å²) in [4.78, 5) is 8.90. The zero-order valence-electron chi connectivity index (χ0n) is 11.6. The largest absolute Gasteiger partial charge is 0.369 e. The molecule has 3 heterocycles. The SMILES string of the molecule is Cc1cscc1Cn1c(N)nc2cnc3ccccc3c21. The van der Waals surface area contributed by atoms with Crippen LogP contribution >= 0.6 is 11.3 Å². The molecule has 104 valence electrons. The second-order valence-electron chi connectivity index (χ2n) is 5.15. The Morgan fingerprint density at radius 3 is 2.86 bits per heavy atom. The Morgan fingerprint density at radius 2 is 2.05 bits per heavy atom. The predicted octanol–water partition coefficient (Wildman–Crippen LogP) is 3.58. The molecule has 0 spiro atoms. The summed E-state index contributed by atoms with van der Waals surface area (Å²) >= 11 is 1.72. The number of nitrogens with two attached hydrogens (primary N) is 1. The average Bonchev–Trinajstić information content (AvgIpc) is 3.04. The van der Waals surface area contributed by atoms with Crippen molar-refractivity contribution in [3.8, 4) is 0 Å². The summed E-state index contributed by atoms with van der Waals surface area (Å²) in [5.41, 5.74) is 11.6. The van der Waals surface area contributed by atoms with Crippen LogP contribution in [0, 0.1) is 6.92 Å². The molecule has 0 aliphatic rings. The van der Waals surface area contributed by atoms with Crippen LogP contribution in [0.25, 0.3) is 21.9 Å². The van der Waals surface area contributed by atoms with E-state index >= 15 is 0 Å². The van der Waals surface area contributed by atoms with Crippen LogP contribution in [-0.2, 0) is 6.54 Å². The third-order valence-corrected chi connectivity index (χ3v) is 4.71. The number of rotatable bonds is 2. The molecule has 0 saturated heterocycles. The van der Waals surface area contributed by atoms with Crippen molar-refractivity contribution in [2.75, 3.05) is 5.73 Å². The first-order valence-corrected chi connectivity index (χ1v) is 7.69. The fourth-order valence-corrected chi connectivity index (χ4v) is 3.51. The summed E-state index contributed by atoms with van der Waals surface area (Å²) in [7, 11) is 0. The van der Waals surface area contributed by atoms with Crippen LogP contribution in [0.2, 0.25) is 0 Å². The van der Waals surface area contributed by atoms with Gasteiger partial charge >= 0.3 is 0 Å². The molecule has 0 atom stereocenters. The molecule has 4 aromatic rings. The van der Waals surface area contributed by atoms with Crippen molar-refractivity contribution in [2.45, 2.75) is 13.5 Å². The van der Waals surface area contributed by atoms with E-state index in [2.05, 4.69) is 38.3 Å². The molecule has 1 aromatic carbocycles. The minimum absolute atomic E-state index is 0.536. The quantitative estimate of drug-likeness (QED) is 0.614. The van der Waals surface area contributed by atoms with E-state index in [9.17, 15) is 0 Å². The molecule has 0 amide bonds. The fourth-order valence-electron chi connectivity index (χ4n) is 2.66. The Hall–Kier alpha value is -2.40. The third-order valence-electron chi connectivity index (χ3n) is 3.80. The first-order chi connectivity index (χ1) is 10.2. The summed E-state index contributed by atoms with van der Waals surface area (Å²) in [6.07, 6.45) is 1.80. The third kappa shape index (κ3) is 1.89. The fraction of sp³-hybridized carbons (Fsp3) is 0.125. The van der Waals surface area contributed by atoms with E-state index in [0.717, 1.165) is 28.5 Å². The number of aromatic nitrogens is 3. The van der Waals surface area contributed by atoms with Crippen LogP contribution in [0.5, 0.6) is 0 Å². The summed E-state index contributed by atoms with van der Waals surface area (Å²) in [5.74, 6) is 0.536. The van der Waals surface area contributed by atoms with Crippen molar-refractivity contribution >= 4 is 39.2 Å². The molecule has 0 radical (unpaired) electrons. The highest BCUT2D eigenvalue weighted by atomic mass is 32.1. The zero-order chi connectivity index (χ0) is 14.4. The average molecular weight is 294 g/mol. The highest BCUT2D eigenvalue weighted by molar-refractivity contribution is 7.08. The van der Waals surface area contributed by atoms with Crippen LogP contribution in [0.1, 0.15) is 11.1 Å². The standard InChI is InChI=1S/C16H14N4S/c1-10-8-21-9-11(10)7-20-15-12-4-2-3-5-13(12)18-6-14(15)19-16(20)17/h2-6,8-9H,7H2,1H3,(H2,17,19). The number of benzene rings is 1. The maximum Gasteiger partial charge on any atom is 0.201 e. The molecule has 0 aliphatic heterocycles. The van der Waals surface area contributed by atoms with E-state index in [4.69, 9.17) is 5.73 Å². The molecular formula is C16H14N4S. The molecule has 2 N–H and O–H groups in total. The molecule has 0 fully saturated rings. The number of aryl methyl sites for hydroxylation is 1. The first kappa shape index (κ1) is 12.3. The zero-order valence-corrected chi connectivity index (χ0v) is 12.4. The molecule has 3 aromatic heterocycles. The number of anilines is 1. The van der Waals surface area contributed by atoms with Crippen molar-refractivity contribution < 1.29 is 0 Å². The maximum absolute atomic E-state index is 6.14. The van der Waals surface area contributed by atoms with Gasteiger partial charge in [-0.1, -0.05) is 18.2 Å². The second-order valence-corrected chi connectivity index (χ2v) is 5.89. The van der Waals surface area contributed by atoms with E-state index in [-0.39, 0.29) is 0 Å². The van der Waals surface area contributed by atoms with Crippen molar-refractivity contribution in [2.24, 2.45) is 0 Å². The minimum Gasteiger partial charge on any atom is -0.369 e. The molecule has 0 unspecified atom stereocenters. The van der Waals surface area contributed by atoms with Gasteiger partial charge in [0.15, 0.2) is 0 Å².